The molecular formula is C11H13FO2. The van der Waals surface area contributed by atoms with Crippen molar-refractivity contribution in [1.29, 1.82) is 0 Å². The second kappa shape index (κ2) is 4.74. The number of methoxy groups -OCH3 is 1. The average Bonchev–Trinajstić information content (AvgIpc) is 2.16. The van der Waals surface area contributed by atoms with Gasteiger partial charge in [-0.2, -0.15) is 0 Å². The van der Waals surface area contributed by atoms with E-state index in [4.69, 9.17) is 4.74 Å². The third-order valence-corrected chi connectivity index (χ3v) is 1.96. The molecule has 0 fully saturated rings. The van der Waals surface area contributed by atoms with Crippen LogP contribution in [0.5, 0.6) is 5.75 Å². The Balaban J connectivity index is 2.86. The predicted molar refractivity (Wildman–Crippen MR) is 52.0 cm³/mol. The van der Waals surface area contributed by atoms with Gasteiger partial charge in [0.1, 0.15) is 17.3 Å². The summed E-state index contributed by atoms with van der Waals surface area (Å²) in [7, 11) is 1.47. The SMILES string of the molecule is CCC(=O)Cc1cc(F)cc(OC)c1. The molecule has 76 valence electrons. The van der Waals surface area contributed by atoms with Gasteiger partial charge in [0.25, 0.3) is 0 Å². The Kier molecular flexibility index (Phi) is 3.63. The van der Waals surface area contributed by atoms with Crippen LogP contribution in [0.25, 0.3) is 0 Å². The fourth-order valence-corrected chi connectivity index (χ4v) is 1.19. The molecule has 1 aromatic carbocycles. The van der Waals surface area contributed by atoms with E-state index < -0.39 is 0 Å². The number of hydrogen-bond acceptors (Lipinski definition) is 2. The van der Waals surface area contributed by atoms with Crippen molar-refractivity contribution in [3.8, 4) is 5.75 Å². The Bertz CT molecular complexity index is 334. The predicted octanol–water partition coefficient (Wildman–Crippen LogP) is 2.36. The quantitative estimate of drug-likeness (QED) is 0.738. The first-order valence-corrected chi connectivity index (χ1v) is 4.51. The van der Waals surface area contributed by atoms with Crippen LogP contribution in [0.3, 0.4) is 0 Å². The van der Waals surface area contributed by atoms with Crippen LogP contribution in [0.4, 0.5) is 4.39 Å². The van der Waals surface area contributed by atoms with Crippen LogP contribution in [-0.4, -0.2) is 12.9 Å². The molecule has 0 bridgehead atoms. The summed E-state index contributed by atoms with van der Waals surface area (Å²) in [6.07, 6.45) is 0.740. The summed E-state index contributed by atoms with van der Waals surface area (Å²) in [6, 6.07) is 4.33. The molecule has 0 aliphatic rings. The van der Waals surface area contributed by atoms with Gasteiger partial charge in [-0.15, -0.1) is 0 Å². The van der Waals surface area contributed by atoms with E-state index in [1.165, 1.54) is 19.2 Å². The van der Waals surface area contributed by atoms with E-state index in [-0.39, 0.29) is 18.0 Å². The lowest BCUT2D eigenvalue weighted by atomic mass is 10.1. The minimum atomic E-state index is -0.372. The Morgan fingerprint density at radius 3 is 2.71 bits per heavy atom. The number of ether oxygens (including phenoxy) is 1. The standard InChI is InChI=1S/C11H13FO2/c1-3-10(13)5-8-4-9(12)7-11(6-8)14-2/h4,6-7H,3,5H2,1-2H3. The summed E-state index contributed by atoms with van der Waals surface area (Å²) in [5, 5.41) is 0. The highest BCUT2D eigenvalue weighted by Gasteiger charge is 2.04. The average molecular weight is 196 g/mol. The van der Waals surface area contributed by atoms with Crippen LogP contribution < -0.4 is 4.74 Å². The Morgan fingerprint density at radius 1 is 1.43 bits per heavy atom. The van der Waals surface area contributed by atoms with Gasteiger partial charge >= 0.3 is 0 Å². The van der Waals surface area contributed by atoms with Crippen molar-refractivity contribution >= 4 is 5.78 Å². The van der Waals surface area contributed by atoms with Gasteiger partial charge in [0.15, 0.2) is 0 Å². The highest BCUT2D eigenvalue weighted by atomic mass is 19.1. The highest BCUT2D eigenvalue weighted by molar-refractivity contribution is 5.80. The first kappa shape index (κ1) is 10.7. The molecule has 0 spiro atoms. The number of halogens is 1. The number of carbonyl (C=O) groups is 1. The second-order valence-corrected chi connectivity index (χ2v) is 3.07. The number of ketones is 1. The lowest BCUT2D eigenvalue weighted by molar-refractivity contribution is -0.118. The maximum Gasteiger partial charge on any atom is 0.136 e. The van der Waals surface area contributed by atoms with E-state index in [0.717, 1.165) is 0 Å². The van der Waals surface area contributed by atoms with E-state index in [1.807, 2.05) is 0 Å². The first-order chi connectivity index (χ1) is 6.65. The monoisotopic (exact) mass is 196 g/mol. The number of carbonyl (C=O) groups excluding carboxylic acids is 1. The van der Waals surface area contributed by atoms with Crippen molar-refractivity contribution in [2.24, 2.45) is 0 Å². The van der Waals surface area contributed by atoms with Gasteiger partial charge in [-0.05, 0) is 17.7 Å². The largest absolute Gasteiger partial charge is 0.497 e. The zero-order chi connectivity index (χ0) is 10.6. The molecule has 1 aromatic rings. The number of hydrogen-bond donors (Lipinski definition) is 0. The van der Waals surface area contributed by atoms with Crippen LogP contribution in [0, 0.1) is 5.82 Å². The van der Waals surface area contributed by atoms with Gasteiger partial charge in [-0.1, -0.05) is 6.92 Å². The van der Waals surface area contributed by atoms with Gasteiger partial charge in [0.2, 0.25) is 0 Å². The topological polar surface area (TPSA) is 26.3 Å². The molecular weight excluding hydrogens is 183 g/mol. The molecule has 0 unspecified atom stereocenters. The lowest BCUT2D eigenvalue weighted by Crippen LogP contribution is -2.01. The molecule has 0 N–H and O–H groups in total. The van der Waals surface area contributed by atoms with E-state index >= 15 is 0 Å². The van der Waals surface area contributed by atoms with Crippen LogP contribution >= 0.6 is 0 Å². The number of benzene rings is 1. The van der Waals surface area contributed by atoms with E-state index in [0.29, 0.717) is 17.7 Å². The molecule has 3 heteroatoms. The Morgan fingerprint density at radius 2 is 2.14 bits per heavy atom. The summed E-state index contributed by atoms with van der Waals surface area (Å²) in [6.45, 7) is 1.79. The molecule has 1 rings (SSSR count). The molecule has 0 aliphatic heterocycles. The molecule has 0 saturated heterocycles. The molecule has 2 nitrogen and oxygen atoms in total. The van der Waals surface area contributed by atoms with Gasteiger partial charge < -0.3 is 4.74 Å². The molecule has 0 amide bonds. The smallest absolute Gasteiger partial charge is 0.136 e. The van der Waals surface area contributed by atoms with Gasteiger partial charge in [-0.25, -0.2) is 4.39 Å². The van der Waals surface area contributed by atoms with E-state index in [2.05, 4.69) is 0 Å². The van der Waals surface area contributed by atoms with Crippen LogP contribution in [0.2, 0.25) is 0 Å². The van der Waals surface area contributed by atoms with Crippen molar-refractivity contribution in [1.82, 2.24) is 0 Å². The van der Waals surface area contributed by atoms with Crippen molar-refractivity contribution in [3.05, 3.63) is 29.6 Å². The van der Waals surface area contributed by atoms with Gasteiger partial charge in [0, 0.05) is 18.9 Å². The van der Waals surface area contributed by atoms with Crippen LogP contribution in [0.1, 0.15) is 18.9 Å². The maximum absolute atomic E-state index is 13.0. The normalized spacial score (nSPS) is 9.93. The van der Waals surface area contributed by atoms with Crippen molar-refractivity contribution in [2.45, 2.75) is 19.8 Å². The number of rotatable bonds is 4. The first-order valence-electron chi connectivity index (χ1n) is 4.51. The summed E-state index contributed by atoms with van der Waals surface area (Å²) in [4.78, 5) is 11.1. The van der Waals surface area contributed by atoms with E-state index in [9.17, 15) is 9.18 Å². The van der Waals surface area contributed by atoms with Crippen molar-refractivity contribution in [3.63, 3.8) is 0 Å². The third kappa shape index (κ3) is 2.83. The molecule has 14 heavy (non-hydrogen) atoms. The minimum absolute atomic E-state index is 0.0950. The van der Waals surface area contributed by atoms with Crippen molar-refractivity contribution < 1.29 is 13.9 Å². The van der Waals surface area contributed by atoms with Gasteiger partial charge in [0.05, 0.1) is 7.11 Å². The summed E-state index contributed by atoms with van der Waals surface area (Å²) < 4.78 is 17.9. The maximum atomic E-state index is 13.0. The van der Waals surface area contributed by atoms with Crippen LogP contribution in [0.15, 0.2) is 18.2 Å². The zero-order valence-corrected chi connectivity index (χ0v) is 8.34. The number of Topliss-reactive ketones (excluding diaryl/α,β-unsaturated/α-hetero) is 1. The minimum Gasteiger partial charge on any atom is -0.497 e. The molecule has 0 saturated carbocycles. The molecule has 0 radical (unpaired) electrons. The van der Waals surface area contributed by atoms with Crippen molar-refractivity contribution in [2.75, 3.05) is 7.11 Å². The Hall–Kier alpha value is -1.38. The fourth-order valence-electron chi connectivity index (χ4n) is 1.19. The molecule has 0 heterocycles. The fraction of sp³-hybridized carbons (Fsp3) is 0.364. The van der Waals surface area contributed by atoms with Crippen LogP contribution in [-0.2, 0) is 11.2 Å². The Labute approximate surface area is 82.7 Å². The van der Waals surface area contributed by atoms with E-state index in [1.54, 1.807) is 13.0 Å². The summed E-state index contributed by atoms with van der Waals surface area (Å²) in [5.41, 5.74) is 0.661. The highest BCUT2D eigenvalue weighted by Crippen LogP contribution is 2.16. The summed E-state index contributed by atoms with van der Waals surface area (Å²) in [5.74, 6) is 0.171. The zero-order valence-electron chi connectivity index (χ0n) is 8.34. The van der Waals surface area contributed by atoms with Gasteiger partial charge in [-0.3, -0.25) is 4.79 Å². The molecule has 0 aromatic heterocycles. The summed E-state index contributed by atoms with van der Waals surface area (Å²) >= 11 is 0. The third-order valence-electron chi connectivity index (χ3n) is 1.96. The molecule has 0 atom stereocenters. The second-order valence-electron chi connectivity index (χ2n) is 3.07. The lowest BCUT2D eigenvalue weighted by Gasteiger charge is -2.03. The molecule has 0 aliphatic carbocycles.